The molecule has 0 heterocycles. The molecule has 0 aliphatic heterocycles. The van der Waals surface area contributed by atoms with Gasteiger partial charge in [-0.15, -0.1) is 13.2 Å². The standard InChI is InChI=1S/C9H8BrF3N2O2/c1-14-8(16)15-6-3-2-5(10)4-7(6)17-9(11,12)13/h2-4H,1H3,(H2,14,15,16). The highest BCUT2D eigenvalue weighted by molar-refractivity contribution is 9.10. The van der Waals surface area contributed by atoms with Crippen molar-refractivity contribution in [1.82, 2.24) is 5.32 Å². The molecule has 2 amide bonds. The summed E-state index contributed by atoms with van der Waals surface area (Å²) in [4.78, 5) is 11.0. The van der Waals surface area contributed by atoms with Crippen molar-refractivity contribution in [3.05, 3.63) is 22.7 Å². The Morgan fingerprint density at radius 3 is 2.59 bits per heavy atom. The molecule has 17 heavy (non-hydrogen) atoms. The lowest BCUT2D eigenvalue weighted by molar-refractivity contribution is -0.274. The number of hydrogen-bond donors (Lipinski definition) is 2. The van der Waals surface area contributed by atoms with Crippen LogP contribution in [0.2, 0.25) is 0 Å². The zero-order valence-corrected chi connectivity index (χ0v) is 10.1. The molecule has 0 saturated heterocycles. The second kappa shape index (κ2) is 5.26. The number of anilines is 1. The Morgan fingerprint density at radius 2 is 2.06 bits per heavy atom. The van der Waals surface area contributed by atoms with Crippen molar-refractivity contribution in [2.24, 2.45) is 0 Å². The zero-order valence-electron chi connectivity index (χ0n) is 8.56. The van der Waals surface area contributed by atoms with Gasteiger partial charge in [-0.2, -0.15) is 0 Å². The Labute approximate surface area is 103 Å². The second-order valence-corrected chi connectivity index (χ2v) is 3.81. The number of alkyl halides is 3. The highest BCUT2D eigenvalue weighted by atomic mass is 79.9. The van der Waals surface area contributed by atoms with Crippen LogP contribution in [-0.2, 0) is 0 Å². The van der Waals surface area contributed by atoms with E-state index in [1.807, 2.05) is 0 Å². The van der Waals surface area contributed by atoms with Gasteiger partial charge in [0.15, 0.2) is 5.75 Å². The number of carbonyl (C=O) groups excluding carboxylic acids is 1. The van der Waals surface area contributed by atoms with Crippen molar-refractivity contribution >= 4 is 27.6 Å². The van der Waals surface area contributed by atoms with Crippen LogP contribution in [0.4, 0.5) is 23.7 Å². The molecular weight excluding hydrogens is 305 g/mol. The summed E-state index contributed by atoms with van der Waals surface area (Å²) >= 11 is 3.01. The summed E-state index contributed by atoms with van der Waals surface area (Å²) in [6.45, 7) is 0. The van der Waals surface area contributed by atoms with Gasteiger partial charge in [0.25, 0.3) is 0 Å². The van der Waals surface area contributed by atoms with E-state index >= 15 is 0 Å². The van der Waals surface area contributed by atoms with Gasteiger partial charge in [0, 0.05) is 11.5 Å². The largest absolute Gasteiger partial charge is 0.573 e. The van der Waals surface area contributed by atoms with Crippen LogP contribution in [0.15, 0.2) is 22.7 Å². The molecule has 2 N–H and O–H groups in total. The van der Waals surface area contributed by atoms with Gasteiger partial charge < -0.3 is 15.4 Å². The molecule has 0 aromatic heterocycles. The number of benzene rings is 1. The van der Waals surface area contributed by atoms with Crippen LogP contribution >= 0.6 is 15.9 Å². The average Bonchev–Trinajstić information content (AvgIpc) is 2.19. The van der Waals surface area contributed by atoms with Crippen LogP contribution in [0, 0.1) is 0 Å². The van der Waals surface area contributed by atoms with E-state index in [4.69, 9.17) is 0 Å². The van der Waals surface area contributed by atoms with Crippen molar-refractivity contribution in [2.45, 2.75) is 6.36 Å². The van der Waals surface area contributed by atoms with Crippen molar-refractivity contribution in [2.75, 3.05) is 12.4 Å². The van der Waals surface area contributed by atoms with Crippen molar-refractivity contribution in [3.63, 3.8) is 0 Å². The first-order chi connectivity index (χ1) is 7.81. The van der Waals surface area contributed by atoms with E-state index in [1.54, 1.807) is 0 Å². The third-order valence-corrected chi connectivity index (χ3v) is 2.14. The predicted molar refractivity (Wildman–Crippen MR) is 58.9 cm³/mol. The van der Waals surface area contributed by atoms with Crippen LogP contribution in [0.25, 0.3) is 0 Å². The summed E-state index contributed by atoms with van der Waals surface area (Å²) in [5.41, 5.74) is -0.0788. The molecule has 0 radical (unpaired) electrons. The fourth-order valence-electron chi connectivity index (χ4n) is 0.993. The molecule has 0 bridgehead atoms. The number of urea groups is 1. The lowest BCUT2D eigenvalue weighted by atomic mass is 10.3. The Balaban J connectivity index is 2.99. The molecule has 0 atom stereocenters. The van der Waals surface area contributed by atoms with Crippen molar-refractivity contribution < 1.29 is 22.7 Å². The lowest BCUT2D eigenvalue weighted by Gasteiger charge is -2.14. The number of ether oxygens (including phenoxy) is 1. The summed E-state index contributed by atoms with van der Waals surface area (Å²) in [5.74, 6) is -0.490. The van der Waals surface area contributed by atoms with Gasteiger partial charge in [-0.05, 0) is 18.2 Å². The highest BCUT2D eigenvalue weighted by Crippen LogP contribution is 2.32. The maximum absolute atomic E-state index is 12.1. The van der Waals surface area contributed by atoms with Gasteiger partial charge in [0.1, 0.15) is 0 Å². The molecule has 0 spiro atoms. The van der Waals surface area contributed by atoms with E-state index in [1.165, 1.54) is 19.2 Å². The Hall–Kier alpha value is -1.44. The molecule has 8 heteroatoms. The van der Waals surface area contributed by atoms with Crippen LogP contribution < -0.4 is 15.4 Å². The van der Waals surface area contributed by atoms with Crippen molar-refractivity contribution in [3.8, 4) is 5.75 Å². The van der Waals surface area contributed by atoms with Crippen LogP contribution in [-0.4, -0.2) is 19.4 Å². The predicted octanol–water partition coefficient (Wildman–Crippen LogP) is 3.10. The summed E-state index contributed by atoms with van der Waals surface area (Å²) in [5, 5.41) is 4.43. The molecule has 1 aromatic carbocycles. The number of nitrogens with one attached hydrogen (secondary N) is 2. The number of halogens is 4. The Morgan fingerprint density at radius 1 is 1.41 bits per heavy atom. The van der Waals surface area contributed by atoms with Gasteiger partial charge in [0.2, 0.25) is 0 Å². The van der Waals surface area contributed by atoms with Gasteiger partial charge in [0.05, 0.1) is 5.69 Å². The molecule has 1 aromatic rings. The maximum Gasteiger partial charge on any atom is 0.573 e. The van der Waals surface area contributed by atoms with Crippen LogP contribution in [0.3, 0.4) is 0 Å². The first kappa shape index (κ1) is 13.6. The Bertz CT molecular complexity index is 423. The maximum atomic E-state index is 12.1. The fraction of sp³-hybridized carbons (Fsp3) is 0.222. The smallest absolute Gasteiger partial charge is 0.404 e. The molecule has 4 nitrogen and oxygen atoms in total. The normalized spacial score (nSPS) is 10.9. The van der Waals surface area contributed by atoms with Gasteiger partial charge in [-0.3, -0.25) is 0 Å². The summed E-state index contributed by atoms with van der Waals surface area (Å²) in [7, 11) is 1.35. The highest BCUT2D eigenvalue weighted by Gasteiger charge is 2.32. The minimum absolute atomic E-state index is 0.0788. The molecule has 94 valence electrons. The molecular formula is C9H8BrF3N2O2. The first-order valence-corrected chi connectivity index (χ1v) is 5.15. The monoisotopic (exact) mass is 312 g/mol. The van der Waals surface area contributed by atoms with E-state index in [0.717, 1.165) is 6.07 Å². The SMILES string of the molecule is CNC(=O)Nc1ccc(Br)cc1OC(F)(F)F. The minimum atomic E-state index is -4.82. The third kappa shape index (κ3) is 4.51. The minimum Gasteiger partial charge on any atom is -0.404 e. The van der Waals surface area contributed by atoms with Gasteiger partial charge in [-0.1, -0.05) is 15.9 Å². The lowest BCUT2D eigenvalue weighted by Crippen LogP contribution is -2.25. The van der Waals surface area contributed by atoms with Gasteiger partial charge in [-0.25, -0.2) is 4.79 Å². The van der Waals surface area contributed by atoms with E-state index in [-0.39, 0.29) is 5.69 Å². The Kier molecular flexibility index (Phi) is 4.22. The molecule has 0 aliphatic carbocycles. The summed E-state index contributed by atoms with van der Waals surface area (Å²) in [6, 6.07) is 3.24. The average molecular weight is 313 g/mol. The summed E-state index contributed by atoms with van der Waals surface area (Å²) in [6.07, 6.45) is -4.82. The van der Waals surface area contributed by atoms with E-state index < -0.39 is 18.1 Å². The first-order valence-electron chi connectivity index (χ1n) is 4.36. The fourth-order valence-corrected chi connectivity index (χ4v) is 1.33. The van der Waals surface area contributed by atoms with Gasteiger partial charge >= 0.3 is 12.4 Å². The summed E-state index contributed by atoms with van der Waals surface area (Å²) < 4.78 is 40.5. The molecule has 0 aliphatic rings. The zero-order chi connectivity index (χ0) is 13.1. The van der Waals surface area contributed by atoms with E-state index in [9.17, 15) is 18.0 Å². The third-order valence-electron chi connectivity index (χ3n) is 1.64. The molecule has 0 saturated carbocycles. The quantitative estimate of drug-likeness (QED) is 0.881. The van der Waals surface area contributed by atoms with E-state index in [0.29, 0.717) is 4.47 Å². The number of carbonyl (C=O) groups is 1. The molecule has 0 fully saturated rings. The number of rotatable bonds is 2. The van der Waals surface area contributed by atoms with Crippen molar-refractivity contribution in [1.29, 1.82) is 0 Å². The number of hydrogen-bond acceptors (Lipinski definition) is 2. The van der Waals surface area contributed by atoms with Crippen LogP contribution in [0.1, 0.15) is 0 Å². The molecule has 0 unspecified atom stereocenters. The molecule has 1 rings (SSSR count). The van der Waals surface area contributed by atoms with E-state index in [2.05, 4.69) is 31.3 Å². The second-order valence-electron chi connectivity index (χ2n) is 2.89. The topological polar surface area (TPSA) is 50.4 Å². The number of amides is 2. The van der Waals surface area contributed by atoms with Crippen LogP contribution in [0.5, 0.6) is 5.75 Å².